The van der Waals surface area contributed by atoms with Gasteiger partial charge in [-0.25, -0.2) is 19.2 Å². The number of hydrogen-bond acceptors (Lipinski definition) is 12. The van der Waals surface area contributed by atoms with Crippen LogP contribution < -0.4 is 9.47 Å². The second-order valence-electron chi connectivity index (χ2n) is 11.6. The third-order valence-electron chi connectivity index (χ3n) is 8.18. The average Bonchev–Trinajstić information content (AvgIpc) is 3.75. The molecular weight excluding hydrogens is 672 g/mol. The van der Waals surface area contributed by atoms with E-state index >= 15 is 0 Å². The highest BCUT2D eigenvalue weighted by Crippen LogP contribution is 2.31. The lowest BCUT2D eigenvalue weighted by Gasteiger charge is -2.16. The first-order valence-electron chi connectivity index (χ1n) is 16.2. The molecule has 2 aliphatic rings. The van der Waals surface area contributed by atoms with E-state index in [1.165, 1.54) is 12.2 Å². The summed E-state index contributed by atoms with van der Waals surface area (Å²) in [5.41, 5.74) is 1.56. The van der Waals surface area contributed by atoms with Crippen LogP contribution in [-0.4, -0.2) is 75.1 Å². The van der Waals surface area contributed by atoms with Crippen LogP contribution in [0.5, 0.6) is 11.5 Å². The lowest BCUT2D eigenvalue weighted by Crippen LogP contribution is -2.35. The fourth-order valence-electron chi connectivity index (χ4n) is 5.64. The van der Waals surface area contributed by atoms with Crippen LogP contribution in [0.2, 0.25) is 0 Å². The maximum Gasteiger partial charge on any atom is 0.333 e. The number of ether oxygens (including phenoxy) is 8. The summed E-state index contributed by atoms with van der Waals surface area (Å²) < 4.78 is 43.5. The van der Waals surface area contributed by atoms with Gasteiger partial charge in [-0.05, 0) is 81.2 Å². The lowest BCUT2D eigenvalue weighted by atomic mass is 10.1. The maximum absolute atomic E-state index is 12.7. The summed E-state index contributed by atoms with van der Waals surface area (Å²) in [7, 11) is 0. The minimum absolute atomic E-state index is 0.107. The van der Waals surface area contributed by atoms with Crippen LogP contribution in [0.1, 0.15) is 11.1 Å². The molecular formula is C40H34O12. The Hall–Kier alpha value is -6.24. The van der Waals surface area contributed by atoms with Gasteiger partial charge in [0.25, 0.3) is 0 Å². The van der Waals surface area contributed by atoms with Gasteiger partial charge in [0.15, 0.2) is 12.2 Å². The van der Waals surface area contributed by atoms with E-state index in [2.05, 4.69) is 13.2 Å². The van der Waals surface area contributed by atoms with Crippen LogP contribution in [-0.2, 0) is 47.6 Å². The molecule has 52 heavy (non-hydrogen) atoms. The zero-order valence-electron chi connectivity index (χ0n) is 27.8. The molecule has 0 bridgehead atoms. The number of hydrogen-bond donors (Lipinski definition) is 0. The van der Waals surface area contributed by atoms with Crippen LogP contribution in [0.4, 0.5) is 0 Å². The van der Waals surface area contributed by atoms with Crippen molar-refractivity contribution in [1.82, 2.24) is 0 Å². The van der Waals surface area contributed by atoms with Gasteiger partial charge in [-0.1, -0.05) is 49.6 Å². The molecule has 6 rings (SSSR count). The van der Waals surface area contributed by atoms with Gasteiger partial charge in [-0.15, -0.1) is 0 Å². The highest BCUT2D eigenvalue weighted by atomic mass is 16.7. The number of fused-ring (bicyclic) bond motifs is 3. The molecule has 2 heterocycles. The average molecular weight is 707 g/mol. The van der Waals surface area contributed by atoms with Gasteiger partial charge in [0.1, 0.15) is 23.7 Å². The van der Waals surface area contributed by atoms with Crippen molar-refractivity contribution < 1.29 is 57.1 Å². The molecule has 0 aromatic heterocycles. The molecule has 0 aliphatic carbocycles. The molecule has 12 nitrogen and oxygen atoms in total. The molecule has 4 atom stereocenters. The summed E-state index contributed by atoms with van der Waals surface area (Å²) in [5.74, 6) is -1.20. The third kappa shape index (κ3) is 9.10. The number of esters is 4. The Balaban J connectivity index is 0.962. The molecule has 4 unspecified atom stereocenters. The number of carbonyl (C=O) groups is 4. The Kier molecular flexibility index (Phi) is 11.4. The Bertz CT molecular complexity index is 1920. The van der Waals surface area contributed by atoms with Gasteiger partial charge in [0.2, 0.25) is 13.6 Å². The van der Waals surface area contributed by atoms with Gasteiger partial charge in [-0.2, -0.15) is 0 Å². The summed E-state index contributed by atoms with van der Waals surface area (Å²) in [4.78, 5) is 47.7. The molecule has 12 heteroatoms. The smallest absolute Gasteiger partial charge is 0.333 e. The molecule has 4 aromatic carbocycles. The van der Waals surface area contributed by atoms with E-state index in [-0.39, 0.29) is 26.8 Å². The standard InChI is InChI=1S/C40H34O12/c1-3-35(41)49-23-47-31-13-11-27-17-25(5-9-29(27)19-31)7-15-37(43)51-33-21-45-40-34(22-46-39(33)40)52-38(44)16-8-26-6-10-30-20-32(14-12-28(30)18-26)48-24-50-36(42)4-2/h3-20,33-34,39-40H,1-2,21-24H2/b15-7+,16-8+. The highest BCUT2D eigenvalue weighted by Gasteiger charge is 2.51. The van der Waals surface area contributed by atoms with Crippen molar-refractivity contribution in [1.29, 1.82) is 0 Å². The first-order valence-corrected chi connectivity index (χ1v) is 16.2. The van der Waals surface area contributed by atoms with Crippen molar-refractivity contribution in [2.24, 2.45) is 0 Å². The van der Waals surface area contributed by atoms with Gasteiger partial charge >= 0.3 is 23.9 Å². The normalized spacial score (nSPS) is 19.3. The molecule has 0 spiro atoms. The molecule has 0 saturated carbocycles. The lowest BCUT2D eigenvalue weighted by molar-refractivity contribution is -0.149. The minimum Gasteiger partial charge on any atom is -0.457 e. The van der Waals surface area contributed by atoms with Gasteiger partial charge in [0, 0.05) is 24.3 Å². The minimum atomic E-state index is -0.659. The van der Waals surface area contributed by atoms with E-state index < -0.39 is 48.3 Å². The number of rotatable bonds is 14. The Labute approximate surface area is 298 Å². The van der Waals surface area contributed by atoms with E-state index in [1.807, 2.05) is 60.7 Å². The number of carbonyl (C=O) groups excluding carboxylic acids is 4. The predicted molar refractivity (Wildman–Crippen MR) is 189 cm³/mol. The van der Waals surface area contributed by atoms with Crippen molar-refractivity contribution >= 4 is 57.6 Å². The summed E-state index contributed by atoms with van der Waals surface area (Å²) in [6, 6.07) is 22.1. The molecule has 0 amide bonds. The van der Waals surface area contributed by atoms with Crippen LogP contribution in [0.15, 0.2) is 110 Å². The Morgan fingerprint density at radius 2 is 0.981 bits per heavy atom. The predicted octanol–water partition coefficient (Wildman–Crippen LogP) is 5.47. The second kappa shape index (κ2) is 16.6. The molecule has 2 fully saturated rings. The fourth-order valence-corrected chi connectivity index (χ4v) is 5.64. The van der Waals surface area contributed by atoms with Gasteiger partial charge in [-0.3, -0.25) is 0 Å². The van der Waals surface area contributed by atoms with Crippen LogP contribution in [0.3, 0.4) is 0 Å². The first-order chi connectivity index (χ1) is 25.3. The largest absolute Gasteiger partial charge is 0.457 e. The van der Waals surface area contributed by atoms with E-state index in [9.17, 15) is 19.2 Å². The van der Waals surface area contributed by atoms with Crippen LogP contribution in [0.25, 0.3) is 33.7 Å². The second-order valence-corrected chi connectivity index (χ2v) is 11.6. The zero-order valence-corrected chi connectivity index (χ0v) is 27.8. The Morgan fingerprint density at radius 1 is 0.577 bits per heavy atom. The van der Waals surface area contributed by atoms with Crippen LogP contribution >= 0.6 is 0 Å². The van der Waals surface area contributed by atoms with Crippen molar-refractivity contribution in [3.63, 3.8) is 0 Å². The molecule has 2 aliphatic heterocycles. The molecule has 0 N–H and O–H groups in total. The summed E-state index contributed by atoms with van der Waals surface area (Å²) in [6.07, 6.45) is 5.62. The first kappa shape index (κ1) is 35.6. The molecule has 4 aromatic rings. The van der Waals surface area contributed by atoms with E-state index in [0.29, 0.717) is 11.5 Å². The summed E-state index contributed by atoms with van der Waals surface area (Å²) in [5, 5.41) is 3.62. The monoisotopic (exact) mass is 706 g/mol. The molecule has 0 radical (unpaired) electrons. The van der Waals surface area contributed by atoms with Crippen molar-refractivity contribution in [3.05, 3.63) is 121 Å². The third-order valence-corrected chi connectivity index (χ3v) is 8.18. The topological polar surface area (TPSA) is 142 Å². The Morgan fingerprint density at radius 3 is 1.40 bits per heavy atom. The van der Waals surface area contributed by atoms with Crippen molar-refractivity contribution in [2.75, 3.05) is 26.8 Å². The summed E-state index contributed by atoms with van der Waals surface area (Å²) >= 11 is 0. The van der Waals surface area contributed by atoms with E-state index in [4.69, 9.17) is 37.9 Å². The van der Waals surface area contributed by atoms with E-state index in [0.717, 1.165) is 44.8 Å². The van der Waals surface area contributed by atoms with Crippen molar-refractivity contribution in [3.8, 4) is 11.5 Å². The van der Waals surface area contributed by atoms with Gasteiger partial charge < -0.3 is 37.9 Å². The van der Waals surface area contributed by atoms with Crippen LogP contribution in [0, 0.1) is 0 Å². The highest BCUT2D eigenvalue weighted by molar-refractivity contribution is 5.91. The molecule has 2 saturated heterocycles. The van der Waals surface area contributed by atoms with Crippen molar-refractivity contribution in [2.45, 2.75) is 24.4 Å². The maximum atomic E-state index is 12.7. The SMILES string of the molecule is C=CC(=O)OCOc1ccc2cc(/C=C/C(=O)OC3COC4C(OC(=O)/C=C/c5ccc6cc(OCOC(=O)C=C)ccc6c5)COC34)ccc2c1. The fraction of sp³-hybridized carbons (Fsp3) is 0.200. The van der Waals surface area contributed by atoms with E-state index in [1.54, 1.807) is 24.3 Å². The molecule has 266 valence electrons. The number of benzene rings is 4. The van der Waals surface area contributed by atoms with Gasteiger partial charge in [0.05, 0.1) is 13.2 Å². The zero-order chi connectivity index (χ0) is 36.5. The quantitative estimate of drug-likeness (QED) is 0.0710. The summed E-state index contributed by atoms with van der Waals surface area (Å²) in [6.45, 7) is 6.43.